The SMILES string of the molecule is COc1ccc2cc(C(CN)NCCN(C)C)ccc2c1. The van der Waals surface area contributed by atoms with Crippen LogP contribution in [0.25, 0.3) is 10.8 Å². The summed E-state index contributed by atoms with van der Waals surface area (Å²) in [6, 6.07) is 12.8. The van der Waals surface area contributed by atoms with Gasteiger partial charge in [-0.3, -0.25) is 0 Å². The van der Waals surface area contributed by atoms with Gasteiger partial charge in [0.25, 0.3) is 0 Å². The van der Waals surface area contributed by atoms with Crippen LogP contribution >= 0.6 is 0 Å². The fourth-order valence-electron chi connectivity index (χ4n) is 2.39. The number of rotatable bonds is 7. The number of hydrogen-bond donors (Lipinski definition) is 2. The molecule has 1 atom stereocenters. The van der Waals surface area contributed by atoms with E-state index in [1.54, 1.807) is 7.11 Å². The molecule has 4 heteroatoms. The van der Waals surface area contributed by atoms with Crippen LogP contribution in [0.3, 0.4) is 0 Å². The third-order valence-corrected chi connectivity index (χ3v) is 3.66. The Balaban J connectivity index is 2.16. The van der Waals surface area contributed by atoms with Crippen LogP contribution in [0.5, 0.6) is 5.75 Å². The summed E-state index contributed by atoms with van der Waals surface area (Å²) in [6.07, 6.45) is 0. The third kappa shape index (κ3) is 4.17. The van der Waals surface area contributed by atoms with Crippen molar-refractivity contribution in [2.45, 2.75) is 6.04 Å². The average Bonchev–Trinajstić information content (AvgIpc) is 2.50. The molecule has 0 heterocycles. The second-order valence-corrected chi connectivity index (χ2v) is 5.52. The van der Waals surface area contributed by atoms with Gasteiger partial charge in [-0.05, 0) is 48.6 Å². The molecular weight excluding hydrogens is 262 g/mol. The number of benzene rings is 2. The lowest BCUT2D eigenvalue weighted by atomic mass is 10.0. The molecular formula is C17H25N3O. The first-order valence-corrected chi connectivity index (χ1v) is 7.30. The molecule has 0 fully saturated rings. The van der Waals surface area contributed by atoms with Crippen LogP contribution in [0.4, 0.5) is 0 Å². The number of fused-ring (bicyclic) bond motifs is 1. The molecule has 0 radical (unpaired) electrons. The van der Waals surface area contributed by atoms with Gasteiger partial charge in [-0.1, -0.05) is 18.2 Å². The maximum Gasteiger partial charge on any atom is 0.119 e. The maximum absolute atomic E-state index is 5.92. The van der Waals surface area contributed by atoms with Crippen molar-refractivity contribution in [2.75, 3.05) is 40.8 Å². The molecule has 0 amide bonds. The van der Waals surface area contributed by atoms with E-state index in [4.69, 9.17) is 10.5 Å². The van der Waals surface area contributed by atoms with Crippen LogP contribution in [0, 0.1) is 0 Å². The lowest BCUT2D eigenvalue weighted by Crippen LogP contribution is -2.33. The normalized spacial score (nSPS) is 12.8. The summed E-state index contributed by atoms with van der Waals surface area (Å²) >= 11 is 0. The highest BCUT2D eigenvalue weighted by Crippen LogP contribution is 2.24. The smallest absolute Gasteiger partial charge is 0.119 e. The fourth-order valence-corrected chi connectivity index (χ4v) is 2.39. The summed E-state index contributed by atoms with van der Waals surface area (Å²) < 4.78 is 5.26. The van der Waals surface area contributed by atoms with E-state index in [1.165, 1.54) is 16.3 Å². The first-order chi connectivity index (χ1) is 10.1. The van der Waals surface area contributed by atoms with Gasteiger partial charge in [0, 0.05) is 25.7 Å². The number of likely N-dealkylation sites (N-methyl/N-ethyl adjacent to an activating group) is 1. The Labute approximate surface area is 126 Å². The van der Waals surface area contributed by atoms with Crippen LogP contribution in [0.1, 0.15) is 11.6 Å². The summed E-state index contributed by atoms with van der Waals surface area (Å²) in [6.45, 7) is 2.52. The Kier molecular flexibility index (Phi) is 5.56. The molecule has 2 aromatic rings. The quantitative estimate of drug-likeness (QED) is 0.818. The van der Waals surface area contributed by atoms with Crippen molar-refractivity contribution in [3.8, 4) is 5.75 Å². The van der Waals surface area contributed by atoms with Gasteiger partial charge in [-0.2, -0.15) is 0 Å². The molecule has 3 N–H and O–H groups in total. The maximum atomic E-state index is 5.92. The van der Waals surface area contributed by atoms with Crippen molar-refractivity contribution >= 4 is 10.8 Å². The number of nitrogens with two attached hydrogens (primary N) is 1. The van der Waals surface area contributed by atoms with Crippen molar-refractivity contribution in [3.63, 3.8) is 0 Å². The Morgan fingerprint density at radius 2 is 1.86 bits per heavy atom. The van der Waals surface area contributed by atoms with Crippen LogP contribution < -0.4 is 15.8 Å². The summed E-state index contributed by atoms with van der Waals surface area (Å²) in [4.78, 5) is 2.16. The Morgan fingerprint density at radius 3 is 2.52 bits per heavy atom. The minimum absolute atomic E-state index is 0.191. The highest BCUT2D eigenvalue weighted by molar-refractivity contribution is 5.84. The van der Waals surface area contributed by atoms with E-state index in [0.29, 0.717) is 6.54 Å². The van der Waals surface area contributed by atoms with Gasteiger partial charge in [0.1, 0.15) is 5.75 Å². The predicted octanol–water partition coefficient (Wildman–Crippen LogP) is 2.00. The molecule has 0 aliphatic heterocycles. The van der Waals surface area contributed by atoms with Gasteiger partial charge in [-0.15, -0.1) is 0 Å². The second-order valence-electron chi connectivity index (χ2n) is 5.52. The molecule has 0 spiro atoms. The van der Waals surface area contributed by atoms with Crippen molar-refractivity contribution in [1.82, 2.24) is 10.2 Å². The van der Waals surface area contributed by atoms with Crippen LogP contribution in [-0.4, -0.2) is 45.7 Å². The van der Waals surface area contributed by atoms with Crippen LogP contribution in [0.15, 0.2) is 36.4 Å². The number of nitrogens with zero attached hydrogens (tertiary/aromatic N) is 1. The number of hydrogen-bond acceptors (Lipinski definition) is 4. The molecule has 0 saturated heterocycles. The fraction of sp³-hybridized carbons (Fsp3) is 0.412. The van der Waals surface area contributed by atoms with Gasteiger partial charge in [0.15, 0.2) is 0 Å². The minimum Gasteiger partial charge on any atom is -0.497 e. The van der Waals surface area contributed by atoms with Gasteiger partial charge < -0.3 is 20.7 Å². The summed E-state index contributed by atoms with van der Waals surface area (Å²) in [5.74, 6) is 0.884. The first-order valence-electron chi connectivity index (χ1n) is 7.30. The number of methoxy groups -OCH3 is 1. The van der Waals surface area contributed by atoms with E-state index in [2.05, 4.69) is 54.6 Å². The van der Waals surface area contributed by atoms with E-state index in [9.17, 15) is 0 Å². The molecule has 21 heavy (non-hydrogen) atoms. The molecule has 0 aromatic heterocycles. The lowest BCUT2D eigenvalue weighted by molar-refractivity contribution is 0.386. The zero-order valence-corrected chi connectivity index (χ0v) is 13.1. The number of nitrogens with one attached hydrogen (secondary N) is 1. The Bertz CT molecular complexity index is 583. The molecule has 0 aliphatic carbocycles. The molecule has 0 bridgehead atoms. The zero-order chi connectivity index (χ0) is 15.2. The monoisotopic (exact) mass is 287 g/mol. The van der Waals surface area contributed by atoms with E-state index in [-0.39, 0.29) is 6.04 Å². The van der Waals surface area contributed by atoms with Crippen LogP contribution in [0.2, 0.25) is 0 Å². The molecule has 4 nitrogen and oxygen atoms in total. The topological polar surface area (TPSA) is 50.5 Å². The standard InChI is InChI=1S/C17H25N3O/c1-20(2)9-8-19-17(12-18)15-5-4-14-11-16(21-3)7-6-13(14)10-15/h4-7,10-11,17,19H,8-9,12,18H2,1-3H3. The van der Waals surface area contributed by atoms with Gasteiger partial charge >= 0.3 is 0 Å². The second kappa shape index (κ2) is 7.41. The molecule has 0 aliphatic rings. The van der Waals surface area contributed by atoms with E-state index in [1.807, 2.05) is 6.07 Å². The van der Waals surface area contributed by atoms with Gasteiger partial charge in [-0.25, -0.2) is 0 Å². The highest BCUT2D eigenvalue weighted by atomic mass is 16.5. The molecule has 0 saturated carbocycles. The van der Waals surface area contributed by atoms with Crippen molar-refractivity contribution in [3.05, 3.63) is 42.0 Å². The van der Waals surface area contributed by atoms with E-state index in [0.717, 1.165) is 18.8 Å². The molecule has 1 unspecified atom stereocenters. The van der Waals surface area contributed by atoms with E-state index < -0.39 is 0 Å². The number of ether oxygens (including phenoxy) is 1. The minimum atomic E-state index is 0.191. The summed E-state index contributed by atoms with van der Waals surface area (Å²) in [5, 5.41) is 5.90. The van der Waals surface area contributed by atoms with Gasteiger partial charge in [0.05, 0.1) is 7.11 Å². The van der Waals surface area contributed by atoms with Crippen molar-refractivity contribution in [1.29, 1.82) is 0 Å². The van der Waals surface area contributed by atoms with Crippen molar-refractivity contribution in [2.24, 2.45) is 5.73 Å². The summed E-state index contributed by atoms with van der Waals surface area (Å²) in [5.41, 5.74) is 7.15. The van der Waals surface area contributed by atoms with Gasteiger partial charge in [0.2, 0.25) is 0 Å². The molecule has 2 rings (SSSR count). The average molecular weight is 287 g/mol. The predicted molar refractivity (Wildman–Crippen MR) is 88.9 cm³/mol. The highest BCUT2D eigenvalue weighted by Gasteiger charge is 2.09. The van der Waals surface area contributed by atoms with Crippen molar-refractivity contribution < 1.29 is 4.74 Å². The molecule has 114 valence electrons. The summed E-state index contributed by atoms with van der Waals surface area (Å²) in [7, 11) is 5.83. The van der Waals surface area contributed by atoms with Crippen LogP contribution in [-0.2, 0) is 0 Å². The lowest BCUT2D eigenvalue weighted by Gasteiger charge is -2.19. The van der Waals surface area contributed by atoms with E-state index >= 15 is 0 Å². The third-order valence-electron chi connectivity index (χ3n) is 3.66. The zero-order valence-electron chi connectivity index (χ0n) is 13.1. The Morgan fingerprint density at radius 1 is 1.14 bits per heavy atom. The molecule has 2 aromatic carbocycles. The largest absolute Gasteiger partial charge is 0.497 e. The first kappa shape index (κ1) is 15.8. The Hall–Kier alpha value is -1.62.